The molecule has 1 aliphatic heterocycles. The third-order valence-corrected chi connectivity index (χ3v) is 4.07. The lowest BCUT2D eigenvalue weighted by Crippen LogP contribution is -2.52. The first-order valence-electron chi connectivity index (χ1n) is 7.98. The third-order valence-electron chi connectivity index (χ3n) is 4.07. The zero-order chi connectivity index (χ0) is 17.6. The van der Waals surface area contributed by atoms with Gasteiger partial charge in [-0.1, -0.05) is 6.07 Å². The van der Waals surface area contributed by atoms with E-state index in [9.17, 15) is 9.18 Å². The van der Waals surface area contributed by atoms with E-state index in [0.29, 0.717) is 25.5 Å². The molecule has 0 spiro atoms. The fourth-order valence-corrected chi connectivity index (χ4v) is 2.69. The van der Waals surface area contributed by atoms with Gasteiger partial charge in [-0.25, -0.2) is 14.4 Å². The van der Waals surface area contributed by atoms with Crippen LogP contribution in [-0.2, 0) is 11.3 Å². The minimum absolute atomic E-state index is 0.158. The average molecular weight is 346 g/mol. The molecule has 1 aliphatic rings. The second-order valence-corrected chi connectivity index (χ2v) is 5.75. The van der Waals surface area contributed by atoms with Crippen LogP contribution in [0.1, 0.15) is 22.3 Å². The largest absolute Gasteiger partial charge is 0.392 e. The number of anilines is 1. The lowest BCUT2D eigenvalue weighted by molar-refractivity contribution is 0.0619. The Labute approximate surface area is 144 Å². The molecule has 3 rings (SSSR count). The topological polar surface area (TPSA) is 96.4 Å². The van der Waals surface area contributed by atoms with Crippen molar-refractivity contribution >= 4 is 11.7 Å². The normalized spacial score (nSPS) is 20.1. The van der Waals surface area contributed by atoms with E-state index in [1.807, 2.05) is 0 Å². The van der Waals surface area contributed by atoms with Gasteiger partial charge in [-0.15, -0.1) is 0 Å². The van der Waals surface area contributed by atoms with Crippen molar-refractivity contribution in [2.45, 2.75) is 25.1 Å². The average Bonchev–Trinajstić information content (AvgIpc) is 2.64. The Kier molecular flexibility index (Phi) is 5.52. The number of rotatable bonds is 5. The molecule has 0 unspecified atom stereocenters. The number of amides is 1. The zero-order valence-corrected chi connectivity index (χ0v) is 13.5. The molecule has 1 saturated heterocycles. The maximum absolute atomic E-state index is 13.8. The molecule has 3 N–H and O–H groups in total. The van der Waals surface area contributed by atoms with Crippen LogP contribution < -0.4 is 10.6 Å². The van der Waals surface area contributed by atoms with Gasteiger partial charge in [-0.05, 0) is 24.6 Å². The second-order valence-electron chi connectivity index (χ2n) is 5.75. The first-order chi connectivity index (χ1) is 12.2. The van der Waals surface area contributed by atoms with E-state index in [1.54, 1.807) is 12.3 Å². The highest BCUT2D eigenvalue weighted by Gasteiger charge is 2.28. The van der Waals surface area contributed by atoms with Crippen molar-refractivity contribution in [2.24, 2.45) is 0 Å². The molecular formula is C17H19FN4O3. The van der Waals surface area contributed by atoms with Gasteiger partial charge in [0, 0.05) is 23.9 Å². The van der Waals surface area contributed by atoms with Crippen molar-refractivity contribution in [3.63, 3.8) is 0 Å². The molecule has 132 valence electrons. The highest BCUT2D eigenvalue weighted by molar-refractivity contribution is 5.94. The van der Waals surface area contributed by atoms with Crippen LogP contribution in [0.15, 0.2) is 36.8 Å². The fraction of sp³-hybridized carbons (Fsp3) is 0.353. The van der Waals surface area contributed by atoms with E-state index in [4.69, 9.17) is 9.84 Å². The highest BCUT2D eigenvalue weighted by Crippen LogP contribution is 2.15. The van der Waals surface area contributed by atoms with Crippen LogP contribution in [0.5, 0.6) is 0 Å². The van der Waals surface area contributed by atoms with Crippen molar-refractivity contribution < 1.29 is 19.0 Å². The molecule has 1 fully saturated rings. The van der Waals surface area contributed by atoms with Crippen LogP contribution in [0.3, 0.4) is 0 Å². The number of aromatic nitrogens is 2. The summed E-state index contributed by atoms with van der Waals surface area (Å²) in [6.45, 7) is 0.552. The summed E-state index contributed by atoms with van der Waals surface area (Å²) in [6.07, 6.45) is 3.69. The summed E-state index contributed by atoms with van der Waals surface area (Å²) < 4.78 is 19.2. The number of nitrogens with one attached hydrogen (secondary N) is 2. The first-order valence-corrected chi connectivity index (χ1v) is 7.98. The molecular weight excluding hydrogens is 327 g/mol. The molecule has 2 atom stereocenters. The number of carbonyl (C=O) groups excluding carboxylic acids is 1. The number of hydrogen-bond donors (Lipinski definition) is 3. The lowest BCUT2D eigenvalue weighted by atomic mass is 10.0. The van der Waals surface area contributed by atoms with Crippen LogP contribution in [0.4, 0.5) is 10.2 Å². The van der Waals surface area contributed by atoms with Gasteiger partial charge in [0.1, 0.15) is 18.0 Å². The Morgan fingerprint density at radius 1 is 1.36 bits per heavy atom. The van der Waals surface area contributed by atoms with E-state index >= 15 is 0 Å². The summed E-state index contributed by atoms with van der Waals surface area (Å²) in [5, 5.41) is 15.1. The number of nitrogens with zero attached hydrogens (tertiary/aromatic N) is 2. The van der Waals surface area contributed by atoms with Crippen LogP contribution in [-0.4, -0.2) is 46.3 Å². The van der Waals surface area contributed by atoms with Crippen molar-refractivity contribution in [1.29, 1.82) is 0 Å². The van der Waals surface area contributed by atoms with Gasteiger partial charge in [0.25, 0.3) is 5.91 Å². The number of hydrogen-bond acceptors (Lipinski definition) is 6. The predicted molar refractivity (Wildman–Crippen MR) is 88.5 cm³/mol. The number of ether oxygens (including phenoxy) is 1. The number of halogens is 1. The minimum atomic E-state index is -0.599. The van der Waals surface area contributed by atoms with Crippen LogP contribution in [0.25, 0.3) is 0 Å². The van der Waals surface area contributed by atoms with Gasteiger partial charge in [0.2, 0.25) is 0 Å². The summed E-state index contributed by atoms with van der Waals surface area (Å²) in [5.41, 5.74) is 0.368. The Hall–Kier alpha value is -2.58. The van der Waals surface area contributed by atoms with Gasteiger partial charge in [-0.2, -0.15) is 0 Å². The first kappa shape index (κ1) is 17.2. The summed E-state index contributed by atoms with van der Waals surface area (Å²) in [7, 11) is 0. The Bertz CT molecular complexity index is 729. The SMILES string of the molecule is O=C(N[C@H]1CCOC[C@H]1Nc1ccncn1)c1ccc(CO)c(F)c1. The highest BCUT2D eigenvalue weighted by atomic mass is 19.1. The molecule has 0 saturated carbocycles. The quantitative estimate of drug-likeness (QED) is 0.750. The van der Waals surface area contributed by atoms with Gasteiger partial charge in [-0.3, -0.25) is 4.79 Å². The molecule has 0 radical (unpaired) electrons. The van der Waals surface area contributed by atoms with E-state index < -0.39 is 12.4 Å². The van der Waals surface area contributed by atoms with Gasteiger partial charge < -0.3 is 20.5 Å². The molecule has 1 aromatic carbocycles. The van der Waals surface area contributed by atoms with Crippen molar-refractivity contribution in [2.75, 3.05) is 18.5 Å². The van der Waals surface area contributed by atoms with E-state index in [-0.39, 0.29) is 29.1 Å². The molecule has 7 nitrogen and oxygen atoms in total. The van der Waals surface area contributed by atoms with Crippen LogP contribution in [0, 0.1) is 5.82 Å². The number of benzene rings is 1. The molecule has 1 amide bonds. The maximum Gasteiger partial charge on any atom is 0.251 e. The smallest absolute Gasteiger partial charge is 0.251 e. The van der Waals surface area contributed by atoms with Gasteiger partial charge in [0.15, 0.2) is 0 Å². The van der Waals surface area contributed by atoms with Crippen molar-refractivity contribution in [1.82, 2.24) is 15.3 Å². The molecule has 8 heteroatoms. The monoisotopic (exact) mass is 346 g/mol. The Morgan fingerprint density at radius 3 is 2.96 bits per heavy atom. The minimum Gasteiger partial charge on any atom is -0.392 e. The number of aliphatic hydroxyl groups excluding tert-OH is 1. The molecule has 1 aromatic heterocycles. The predicted octanol–water partition coefficient (Wildman–Crippen LogP) is 1.11. The standard InChI is InChI=1S/C17H19FN4O3/c18-13-7-11(1-2-12(13)8-23)17(24)22-14-4-6-25-9-15(14)21-16-3-5-19-10-20-16/h1-3,5,7,10,14-15,23H,4,6,8-9H2,(H,22,24)(H,19,20,21)/t14-,15+/m0/s1. The Balaban J connectivity index is 1.68. The molecule has 0 bridgehead atoms. The van der Waals surface area contributed by atoms with E-state index in [2.05, 4.69) is 20.6 Å². The molecule has 25 heavy (non-hydrogen) atoms. The molecule has 2 heterocycles. The summed E-state index contributed by atoms with van der Waals surface area (Å²) in [6, 6.07) is 5.43. The summed E-state index contributed by atoms with van der Waals surface area (Å²) in [4.78, 5) is 20.4. The van der Waals surface area contributed by atoms with Gasteiger partial charge in [0.05, 0.1) is 25.3 Å². The molecule has 0 aliphatic carbocycles. The van der Waals surface area contributed by atoms with Crippen molar-refractivity contribution in [3.8, 4) is 0 Å². The number of aliphatic hydroxyl groups is 1. The van der Waals surface area contributed by atoms with Crippen LogP contribution in [0.2, 0.25) is 0 Å². The molecule has 2 aromatic rings. The number of carbonyl (C=O) groups is 1. The van der Waals surface area contributed by atoms with Crippen molar-refractivity contribution in [3.05, 3.63) is 53.7 Å². The maximum atomic E-state index is 13.8. The van der Waals surface area contributed by atoms with Crippen LogP contribution >= 0.6 is 0 Å². The fourth-order valence-electron chi connectivity index (χ4n) is 2.69. The zero-order valence-electron chi connectivity index (χ0n) is 13.5. The van der Waals surface area contributed by atoms with E-state index in [0.717, 1.165) is 6.07 Å². The Morgan fingerprint density at radius 2 is 2.24 bits per heavy atom. The third kappa shape index (κ3) is 4.28. The van der Waals surface area contributed by atoms with Gasteiger partial charge >= 0.3 is 0 Å². The lowest BCUT2D eigenvalue weighted by Gasteiger charge is -2.33. The summed E-state index contributed by atoms with van der Waals surface area (Å²) in [5.74, 6) is -0.328. The second kappa shape index (κ2) is 8.00. The summed E-state index contributed by atoms with van der Waals surface area (Å²) >= 11 is 0. The van der Waals surface area contributed by atoms with E-state index in [1.165, 1.54) is 18.5 Å².